The van der Waals surface area contributed by atoms with Crippen molar-refractivity contribution in [2.24, 2.45) is 0 Å². The fourth-order valence-electron chi connectivity index (χ4n) is 2.12. The lowest BCUT2D eigenvalue weighted by Crippen LogP contribution is -2.31. The normalized spacial score (nSPS) is 26.7. The molecule has 1 atom stereocenters. The van der Waals surface area contributed by atoms with Gasteiger partial charge in [0.25, 0.3) is 0 Å². The van der Waals surface area contributed by atoms with Crippen molar-refractivity contribution in [2.45, 2.75) is 64.0 Å². The number of allylic oxidation sites excluding steroid dienone is 1. The van der Waals surface area contributed by atoms with Gasteiger partial charge in [-0.2, -0.15) is 11.8 Å². The molecule has 0 radical (unpaired) electrons. The van der Waals surface area contributed by atoms with Crippen molar-refractivity contribution in [1.29, 1.82) is 0 Å². The van der Waals surface area contributed by atoms with Crippen LogP contribution < -0.4 is 0 Å². The minimum Gasteiger partial charge on any atom is -0.500 e. The molecule has 1 nitrogen and oxygen atoms in total. The van der Waals surface area contributed by atoms with E-state index in [-0.39, 0.29) is 0 Å². The maximum absolute atomic E-state index is 5.74. The van der Waals surface area contributed by atoms with E-state index in [0.717, 1.165) is 6.61 Å². The highest BCUT2D eigenvalue weighted by Crippen LogP contribution is 2.37. The molecule has 1 unspecified atom stereocenters. The minimum atomic E-state index is 0.381. The van der Waals surface area contributed by atoms with Crippen molar-refractivity contribution in [3.8, 4) is 0 Å². The molecule has 0 spiro atoms. The van der Waals surface area contributed by atoms with Crippen LogP contribution in [0, 0.1) is 0 Å². The molecule has 1 aliphatic rings. The van der Waals surface area contributed by atoms with Crippen LogP contribution >= 0.6 is 11.8 Å². The SMILES string of the molecule is CCC1(COC=C(C)C)CCCCCCS1. The molecule has 1 heterocycles. The molecule has 0 N–H and O–H groups in total. The Labute approximate surface area is 105 Å². The predicted molar refractivity (Wildman–Crippen MR) is 73.9 cm³/mol. The van der Waals surface area contributed by atoms with Gasteiger partial charge in [0.1, 0.15) is 6.61 Å². The van der Waals surface area contributed by atoms with Gasteiger partial charge in [0.15, 0.2) is 0 Å². The zero-order valence-electron chi connectivity index (χ0n) is 11.1. The van der Waals surface area contributed by atoms with Crippen LogP contribution in [0.2, 0.25) is 0 Å². The van der Waals surface area contributed by atoms with Gasteiger partial charge < -0.3 is 4.74 Å². The quantitative estimate of drug-likeness (QED) is 0.657. The van der Waals surface area contributed by atoms with Crippen LogP contribution in [0.5, 0.6) is 0 Å². The highest BCUT2D eigenvalue weighted by Gasteiger charge is 2.29. The van der Waals surface area contributed by atoms with Crippen LogP contribution in [0.4, 0.5) is 0 Å². The van der Waals surface area contributed by atoms with Crippen molar-refractivity contribution in [2.75, 3.05) is 12.4 Å². The monoisotopic (exact) mass is 242 g/mol. The van der Waals surface area contributed by atoms with E-state index in [2.05, 4.69) is 32.5 Å². The number of ether oxygens (including phenoxy) is 1. The Morgan fingerprint density at radius 1 is 1.25 bits per heavy atom. The maximum Gasteiger partial charge on any atom is 0.102 e. The Morgan fingerprint density at radius 2 is 2.00 bits per heavy atom. The summed E-state index contributed by atoms with van der Waals surface area (Å²) in [5.41, 5.74) is 1.25. The Kier molecular flexibility index (Phi) is 6.33. The Balaban J connectivity index is 2.48. The molecule has 1 saturated heterocycles. The second-order valence-electron chi connectivity index (χ2n) is 5.06. The zero-order valence-corrected chi connectivity index (χ0v) is 11.9. The lowest BCUT2D eigenvalue weighted by atomic mass is 9.97. The molecule has 0 aromatic heterocycles. The summed E-state index contributed by atoms with van der Waals surface area (Å²) in [5.74, 6) is 1.31. The number of thioether (sulfide) groups is 1. The topological polar surface area (TPSA) is 9.23 Å². The van der Waals surface area contributed by atoms with E-state index < -0.39 is 0 Å². The minimum absolute atomic E-state index is 0.381. The van der Waals surface area contributed by atoms with Crippen LogP contribution in [0.25, 0.3) is 0 Å². The molecule has 0 aromatic carbocycles. The molecule has 2 heteroatoms. The van der Waals surface area contributed by atoms with E-state index in [1.807, 2.05) is 6.26 Å². The van der Waals surface area contributed by atoms with Crippen molar-refractivity contribution >= 4 is 11.8 Å². The van der Waals surface area contributed by atoms with Gasteiger partial charge in [-0.15, -0.1) is 0 Å². The molecule has 1 fully saturated rings. The van der Waals surface area contributed by atoms with Crippen molar-refractivity contribution in [1.82, 2.24) is 0 Å². The summed E-state index contributed by atoms with van der Waals surface area (Å²) in [5, 5.41) is 0. The second-order valence-corrected chi connectivity index (χ2v) is 6.62. The summed E-state index contributed by atoms with van der Waals surface area (Å²) in [7, 11) is 0. The van der Waals surface area contributed by atoms with Gasteiger partial charge >= 0.3 is 0 Å². The van der Waals surface area contributed by atoms with Crippen molar-refractivity contribution in [3.05, 3.63) is 11.8 Å². The average molecular weight is 242 g/mol. The standard InChI is InChI=1S/C14H26OS/c1-4-14(12-15-11-13(2)3)9-7-5-6-8-10-16-14/h11H,4-10,12H2,1-3H3. The van der Waals surface area contributed by atoms with E-state index in [0.29, 0.717) is 4.75 Å². The van der Waals surface area contributed by atoms with E-state index in [9.17, 15) is 0 Å². The predicted octanol–water partition coefficient (Wildman–Crippen LogP) is 4.77. The van der Waals surface area contributed by atoms with E-state index in [1.165, 1.54) is 49.9 Å². The van der Waals surface area contributed by atoms with Crippen LogP contribution in [-0.4, -0.2) is 17.1 Å². The van der Waals surface area contributed by atoms with Gasteiger partial charge in [-0.25, -0.2) is 0 Å². The molecule has 0 aromatic rings. The molecule has 94 valence electrons. The van der Waals surface area contributed by atoms with Gasteiger partial charge in [0.2, 0.25) is 0 Å². The highest BCUT2D eigenvalue weighted by atomic mass is 32.2. The molecule has 1 aliphatic heterocycles. The molecule has 16 heavy (non-hydrogen) atoms. The third kappa shape index (κ3) is 4.82. The number of hydrogen-bond acceptors (Lipinski definition) is 2. The van der Waals surface area contributed by atoms with Crippen LogP contribution in [0.15, 0.2) is 11.8 Å². The van der Waals surface area contributed by atoms with Gasteiger partial charge in [0, 0.05) is 4.75 Å². The fourth-order valence-corrected chi connectivity index (χ4v) is 3.54. The van der Waals surface area contributed by atoms with Gasteiger partial charge in [-0.1, -0.05) is 26.2 Å². The summed E-state index contributed by atoms with van der Waals surface area (Å²) >= 11 is 2.14. The van der Waals surface area contributed by atoms with Gasteiger partial charge in [-0.05, 0) is 44.4 Å². The first kappa shape index (κ1) is 14.0. The molecule has 0 aliphatic carbocycles. The fraction of sp³-hybridized carbons (Fsp3) is 0.857. The van der Waals surface area contributed by atoms with E-state index in [1.54, 1.807) is 0 Å². The summed E-state index contributed by atoms with van der Waals surface area (Å²) < 4.78 is 6.12. The van der Waals surface area contributed by atoms with Gasteiger partial charge in [-0.3, -0.25) is 0 Å². The molecular weight excluding hydrogens is 216 g/mol. The largest absolute Gasteiger partial charge is 0.500 e. The summed E-state index contributed by atoms with van der Waals surface area (Å²) in [6.45, 7) is 7.37. The average Bonchev–Trinajstić information content (AvgIpc) is 2.21. The second kappa shape index (κ2) is 7.26. The molecule has 0 bridgehead atoms. The lowest BCUT2D eigenvalue weighted by molar-refractivity contribution is 0.198. The van der Waals surface area contributed by atoms with Crippen molar-refractivity contribution < 1.29 is 4.74 Å². The van der Waals surface area contributed by atoms with Crippen LogP contribution in [0.1, 0.15) is 59.3 Å². The smallest absolute Gasteiger partial charge is 0.102 e. The van der Waals surface area contributed by atoms with Crippen LogP contribution in [0.3, 0.4) is 0 Å². The third-order valence-electron chi connectivity index (χ3n) is 3.24. The zero-order chi connectivity index (χ0) is 11.9. The van der Waals surface area contributed by atoms with Gasteiger partial charge in [0.05, 0.1) is 6.26 Å². The molecule has 0 saturated carbocycles. The Bertz CT molecular complexity index is 211. The Morgan fingerprint density at radius 3 is 2.69 bits per heavy atom. The van der Waals surface area contributed by atoms with Crippen LogP contribution in [-0.2, 0) is 4.74 Å². The third-order valence-corrected chi connectivity index (χ3v) is 4.96. The first-order chi connectivity index (χ1) is 7.68. The maximum atomic E-state index is 5.74. The van der Waals surface area contributed by atoms with E-state index in [4.69, 9.17) is 4.74 Å². The molecular formula is C14H26OS. The summed E-state index contributed by atoms with van der Waals surface area (Å²) in [6.07, 6.45) is 10.1. The highest BCUT2D eigenvalue weighted by molar-refractivity contribution is 8.00. The first-order valence-electron chi connectivity index (χ1n) is 6.57. The van der Waals surface area contributed by atoms with E-state index >= 15 is 0 Å². The summed E-state index contributed by atoms with van der Waals surface area (Å²) in [6, 6.07) is 0. The lowest BCUT2D eigenvalue weighted by Gasteiger charge is -2.33. The first-order valence-corrected chi connectivity index (χ1v) is 7.56. The number of hydrogen-bond donors (Lipinski definition) is 0. The molecule has 0 amide bonds. The van der Waals surface area contributed by atoms with Crippen molar-refractivity contribution in [3.63, 3.8) is 0 Å². The molecule has 1 rings (SSSR count). The number of rotatable bonds is 4. The summed E-state index contributed by atoms with van der Waals surface area (Å²) in [4.78, 5) is 0. The Hall–Kier alpha value is -0.110.